The highest BCUT2D eigenvalue weighted by atomic mass is 16.4. The van der Waals surface area contributed by atoms with Gasteiger partial charge >= 0.3 is 23.9 Å². The molecule has 0 saturated heterocycles. The van der Waals surface area contributed by atoms with Crippen molar-refractivity contribution >= 4 is 23.9 Å². The zero-order valence-corrected chi connectivity index (χ0v) is 11.3. The lowest BCUT2D eigenvalue weighted by Crippen LogP contribution is -2.06. The van der Waals surface area contributed by atoms with Crippen molar-refractivity contribution in [1.82, 2.24) is 0 Å². The summed E-state index contributed by atoms with van der Waals surface area (Å²) in [6.07, 6.45) is 0. The zero-order chi connectivity index (χ0) is 17.6. The Hall–Kier alpha value is -3.62. The Morgan fingerprint density at radius 1 is 0.609 bits per heavy atom. The smallest absolute Gasteiger partial charge is 0.371 e. The molecule has 1 aromatic carbocycles. The Labute approximate surface area is 128 Å². The molecule has 0 bridgehead atoms. The second-order valence-corrected chi connectivity index (χ2v) is 3.93. The lowest BCUT2D eigenvalue weighted by Gasteiger charge is -1.98. The third kappa shape index (κ3) is 4.70. The first-order valence-corrected chi connectivity index (χ1v) is 5.86. The van der Waals surface area contributed by atoms with Crippen molar-refractivity contribution in [3.05, 3.63) is 59.0 Å². The molecule has 0 aliphatic carbocycles. The van der Waals surface area contributed by atoms with Crippen molar-refractivity contribution < 1.29 is 44.0 Å². The SMILES string of the molecule is O=C(O)c1ccc(C(=O)O)o1.O=C(O)c1ccccc1C(=O)O. The van der Waals surface area contributed by atoms with Crippen LogP contribution in [0.1, 0.15) is 41.8 Å². The highest BCUT2D eigenvalue weighted by Crippen LogP contribution is 2.08. The molecule has 23 heavy (non-hydrogen) atoms. The van der Waals surface area contributed by atoms with Crippen LogP contribution in [0.5, 0.6) is 0 Å². The average molecular weight is 322 g/mol. The van der Waals surface area contributed by atoms with E-state index < -0.39 is 23.9 Å². The second kappa shape index (κ2) is 7.41. The van der Waals surface area contributed by atoms with Gasteiger partial charge in [-0.3, -0.25) is 0 Å². The van der Waals surface area contributed by atoms with Crippen molar-refractivity contribution in [2.45, 2.75) is 0 Å². The van der Waals surface area contributed by atoms with Crippen LogP contribution in [0.2, 0.25) is 0 Å². The van der Waals surface area contributed by atoms with Gasteiger partial charge in [-0.05, 0) is 24.3 Å². The molecule has 0 spiro atoms. The molecule has 0 unspecified atom stereocenters. The maximum absolute atomic E-state index is 10.5. The van der Waals surface area contributed by atoms with Gasteiger partial charge in [0.25, 0.3) is 0 Å². The van der Waals surface area contributed by atoms with Crippen LogP contribution >= 0.6 is 0 Å². The number of hydrogen-bond acceptors (Lipinski definition) is 5. The normalized spacial score (nSPS) is 9.39. The number of benzene rings is 1. The third-order valence-electron chi connectivity index (χ3n) is 2.42. The molecule has 0 aliphatic rings. The molecule has 0 fully saturated rings. The number of rotatable bonds is 4. The molecule has 2 rings (SSSR count). The van der Waals surface area contributed by atoms with E-state index in [-0.39, 0.29) is 22.6 Å². The van der Waals surface area contributed by atoms with E-state index in [9.17, 15) is 19.2 Å². The van der Waals surface area contributed by atoms with Crippen molar-refractivity contribution in [2.24, 2.45) is 0 Å². The summed E-state index contributed by atoms with van der Waals surface area (Å²) >= 11 is 0. The van der Waals surface area contributed by atoms with E-state index in [0.717, 1.165) is 12.1 Å². The van der Waals surface area contributed by atoms with Crippen LogP contribution < -0.4 is 0 Å². The maximum Gasteiger partial charge on any atom is 0.371 e. The molecular formula is C14H10O9. The average Bonchev–Trinajstić information content (AvgIpc) is 2.98. The second-order valence-electron chi connectivity index (χ2n) is 3.93. The molecule has 1 aromatic heterocycles. The van der Waals surface area contributed by atoms with Crippen LogP contribution in [0.15, 0.2) is 40.8 Å². The van der Waals surface area contributed by atoms with Crippen LogP contribution in [0, 0.1) is 0 Å². The minimum atomic E-state index is -1.28. The lowest BCUT2D eigenvalue weighted by atomic mass is 10.1. The molecule has 4 N–H and O–H groups in total. The summed E-state index contributed by atoms with van der Waals surface area (Å²) in [5.41, 5.74) is -0.380. The maximum atomic E-state index is 10.5. The van der Waals surface area contributed by atoms with Crippen molar-refractivity contribution in [3.8, 4) is 0 Å². The third-order valence-corrected chi connectivity index (χ3v) is 2.42. The fourth-order valence-corrected chi connectivity index (χ4v) is 1.42. The number of hydrogen-bond donors (Lipinski definition) is 4. The summed E-state index contributed by atoms with van der Waals surface area (Å²) in [4.78, 5) is 41.2. The van der Waals surface area contributed by atoms with Crippen molar-refractivity contribution in [3.63, 3.8) is 0 Å². The van der Waals surface area contributed by atoms with Crippen molar-refractivity contribution in [2.75, 3.05) is 0 Å². The fourth-order valence-electron chi connectivity index (χ4n) is 1.42. The van der Waals surface area contributed by atoms with Crippen LogP contribution in [0.25, 0.3) is 0 Å². The van der Waals surface area contributed by atoms with E-state index in [2.05, 4.69) is 4.42 Å². The first-order chi connectivity index (χ1) is 10.7. The summed E-state index contributed by atoms with van der Waals surface area (Å²) in [6, 6.07) is 7.65. The largest absolute Gasteiger partial charge is 0.478 e. The number of carboxylic acids is 4. The van der Waals surface area contributed by atoms with Gasteiger partial charge < -0.3 is 24.8 Å². The molecule has 0 aliphatic heterocycles. The molecule has 2 aromatic rings. The van der Waals surface area contributed by atoms with Crippen LogP contribution in [-0.4, -0.2) is 44.3 Å². The molecule has 120 valence electrons. The van der Waals surface area contributed by atoms with Gasteiger partial charge in [-0.15, -0.1) is 0 Å². The molecule has 9 nitrogen and oxygen atoms in total. The predicted molar refractivity (Wildman–Crippen MR) is 73.0 cm³/mol. The van der Waals surface area contributed by atoms with E-state index in [1.54, 1.807) is 0 Å². The van der Waals surface area contributed by atoms with Gasteiger partial charge in [-0.2, -0.15) is 0 Å². The van der Waals surface area contributed by atoms with Gasteiger partial charge in [0.1, 0.15) is 0 Å². The van der Waals surface area contributed by atoms with Gasteiger partial charge in [0.05, 0.1) is 11.1 Å². The van der Waals surface area contributed by atoms with E-state index in [4.69, 9.17) is 20.4 Å². The number of carbonyl (C=O) groups is 4. The Balaban J connectivity index is 0.000000231. The minimum Gasteiger partial charge on any atom is -0.478 e. The Bertz CT molecular complexity index is 696. The first kappa shape index (κ1) is 17.4. The highest BCUT2D eigenvalue weighted by Gasteiger charge is 2.14. The standard InChI is InChI=1S/C8H6O4.C6H4O5/c9-7(10)5-3-1-2-4-6(5)8(11)12;7-5(8)3-1-2-4(11-3)6(9)10/h1-4H,(H,9,10)(H,11,12);1-2H,(H,7,8)(H,9,10). The zero-order valence-electron chi connectivity index (χ0n) is 11.3. The summed E-state index contributed by atoms with van der Waals surface area (Å²) in [5, 5.41) is 33.7. The number of carboxylic acid groups (broad SMARTS) is 4. The Kier molecular flexibility index (Phi) is 5.61. The monoisotopic (exact) mass is 322 g/mol. The number of aromatic carboxylic acids is 4. The lowest BCUT2D eigenvalue weighted by molar-refractivity contribution is 0.0628. The molecule has 0 atom stereocenters. The van der Waals surface area contributed by atoms with Gasteiger partial charge in [0.2, 0.25) is 11.5 Å². The predicted octanol–water partition coefficient (Wildman–Crippen LogP) is 1.76. The topological polar surface area (TPSA) is 162 Å². The summed E-state index contributed by atoms with van der Waals surface area (Å²) in [7, 11) is 0. The Morgan fingerprint density at radius 3 is 1.17 bits per heavy atom. The fraction of sp³-hybridized carbons (Fsp3) is 0. The van der Waals surface area contributed by atoms with Gasteiger partial charge in [-0.1, -0.05) is 12.1 Å². The molecule has 1 heterocycles. The summed E-state index contributed by atoms with van der Waals surface area (Å²) in [5.74, 6) is -5.76. The van der Waals surface area contributed by atoms with E-state index >= 15 is 0 Å². The minimum absolute atomic E-state index is 0.190. The van der Waals surface area contributed by atoms with Crippen LogP contribution in [0.4, 0.5) is 0 Å². The van der Waals surface area contributed by atoms with Gasteiger partial charge in [0.15, 0.2) is 0 Å². The molecule has 0 saturated carbocycles. The van der Waals surface area contributed by atoms with Crippen molar-refractivity contribution in [1.29, 1.82) is 0 Å². The van der Waals surface area contributed by atoms with E-state index in [0.29, 0.717) is 0 Å². The van der Waals surface area contributed by atoms with E-state index in [1.807, 2.05) is 0 Å². The van der Waals surface area contributed by atoms with Crippen LogP contribution in [0.3, 0.4) is 0 Å². The molecule has 0 radical (unpaired) electrons. The number of furan rings is 1. The van der Waals surface area contributed by atoms with Gasteiger partial charge in [0, 0.05) is 0 Å². The molecule has 0 amide bonds. The summed E-state index contributed by atoms with van der Waals surface area (Å²) in [6.45, 7) is 0. The summed E-state index contributed by atoms with van der Waals surface area (Å²) < 4.78 is 4.41. The first-order valence-electron chi connectivity index (χ1n) is 5.86. The molecular weight excluding hydrogens is 312 g/mol. The Morgan fingerprint density at radius 2 is 0.957 bits per heavy atom. The quantitative estimate of drug-likeness (QED) is 0.656. The molecule has 9 heteroatoms. The van der Waals surface area contributed by atoms with Gasteiger partial charge in [-0.25, -0.2) is 19.2 Å². The highest BCUT2D eigenvalue weighted by molar-refractivity contribution is 6.01. The van der Waals surface area contributed by atoms with E-state index in [1.165, 1.54) is 24.3 Å². The van der Waals surface area contributed by atoms with Crippen LogP contribution in [-0.2, 0) is 0 Å².